The molecule has 0 fully saturated rings. The normalized spacial score (nSPS) is 11.2. The van der Waals surface area contributed by atoms with E-state index in [4.69, 9.17) is 22.8 Å². The quantitative estimate of drug-likeness (QED) is 0.192. The van der Waals surface area contributed by atoms with Crippen LogP contribution >= 0.6 is 0 Å². The van der Waals surface area contributed by atoms with Crippen molar-refractivity contribution in [3.05, 3.63) is 27.8 Å². The minimum atomic E-state index is -2.72. The van der Waals surface area contributed by atoms with Gasteiger partial charge in [0.05, 0.1) is 0 Å². The molecule has 1 N–H and O–H groups in total. The number of rotatable bonds is 13. The van der Waals surface area contributed by atoms with Crippen LogP contribution in [-0.2, 0) is 24.6 Å². The molecular formula is C16H25N2O8RfSi. The molecule has 0 bridgehead atoms. The summed E-state index contributed by atoms with van der Waals surface area (Å²) in [4.78, 5) is 23.0. The van der Waals surface area contributed by atoms with Crippen LogP contribution in [0, 0.1) is 10.1 Å². The summed E-state index contributed by atoms with van der Waals surface area (Å²) in [5.74, 6) is 0.504. The van der Waals surface area contributed by atoms with Crippen molar-refractivity contribution >= 4 is 20.4 Å². The predicted molar refractivity (Wildman–Crippen MR) is 97.8 cm³/mol. The van der Waals surface area contributed by atoms with Crippen LogP contribution in [-0.4, -0.2) is 55.2 Å². The zero-order valence-corrected chi connectivity index (χ0v) is 24.0. The number of carbonyl (C=O) groups excluding carboxylic acids is 1. The van der Waals surface area contributed by atoms with Gasteiger partial charge in [-0.3, -0.25) is 0 Å². The molecule has 0 heterocycles. The van der Waals surface area contributed by atoms with Gasteiger partial charge in [-0.05, 0) is 0 Å². The average molecular weight is 668 g/mol. The number of ether oxygens (including phenoxy) is 2. The molecule has 28 heavy (non-hydrogen) atoms. The Morgan fingerprint density at radius 3 is 2.32 bits per heavy atom. The zero-order chi connectivity index (χ0) is 21.2. The Kier molecular flexibility index (Phi) is 8.82. The Morgan fingerprint density at radius 2 is 1.82 bits per heavy atom. The fourth-order valence-electron chi connectivity index (χ4n) is 2.59. The van der Waals surface area contributed by atoms with Crippen molar-refractivity contribution in [2.75, 3.05) is 35.5 Å². The molecule has 0 saturated carbocycles. The van der Waals surface area contributed by atoms with Gasteiger partial charge in [0.1, 0.15) is 0 Å². The third-order valence-corrected chi connectivity index (χ3v) is 7.87. The minimum absolute atomic E-state index is 0.0124. The van der Waals surface area contributed by atoms with E-state index < -0.39 is 13.7 Å². The maximum absolute atomic E-state index is 12.1. The number of amides is 1. The summed E-state index contributed by atoms with van der Waals surface area (Å²) in [7, 11) is 3.85. The number of hydrogen-bond acceptors (Lipinski definition) is 8. The second-order valence-corrected chi connectivity index (χ2v) is 10.6. The number of benzene rings is 1. The fraction of sp³-hybridized carbons (Fsp3) is 0.562. The van der Waals surface area contributed by atoms with E-state index in [1.54, 1.807) is 0 Å². The molecule has 0 aliphatic carbocycles. The topological polar surface area (TPSA) is 118 Å². The monoisotopic (exact) mass is 668 g/mol. The molecule has 1 aromatic rings. The zero-order valence-electron chi connectivity index (χ0n) is 16.6. The summed E-state index contributed by atoms with van der Waals surface area (Å²) < 4.78 is 26.9. The average Bonchev–Trinajstić information content (AvgIpc) is 2.70. The molecule has 0 atom stereocenters. The van der Waals surface area contributed by atoms with Gasteiger partial charge in [0.2, 0.25) is 0 Å². The van der Waals surface area contributed by atoms with Gasteiger partial charge >= 0.3 is 124 Å². The van der Waals surface area contributed by atoms with Gasteiger partial charge in [0.25, 0.3) is 0 Å². The third-order valence-electron chi connectivity index (χ3n) is 4.11. The Hall–Kier alpha value is -3.21. The first-order chi connectivity index (χ1) is 13.4. The molecule has 0 aliphatic heterocycles. The van der Waals surface area contributed by atoms with Crippen LogP contribution in [0.4, 0.5) is 5.69 Å². The first kappa shape index (κ1) is 22.8. The second kappa shape index (κ2) is 10.8. The van der Waals surface area contributed by atoms with Crippen LogP contribution in [0.1, 0.15) is 18.4 Å². The van der Waals surface area contributed by atoms with Crippen molar-refractivity contribution in [3.63, 3.8) is 0 Å². The molecular weight excluding hydrogens is 643 g/mol. The van der Waals surface area contributed by atoms with E-state index in [2.05, 4.69) is 5.32 Å². The second-order valence-electron chi connectivity index (χ2n) is 5.66. The molecule has 10 nitrogen and oxygen atoms in total. The molecule has 153 valence electrons. The Morgan fingerprint density at radius 1 is 1.18 bits per heavy atom. The Bertz CT molecular complexity index is 664. The fourth-order valence-corrected chi connectivity index (χ4v) is 5.31. The van der Waals surface area contributed by atoms with E-state index in [1.807, 2.05) is 0 Å². The van der Waals surface area contributed by atoms with E-state index in [0.717, 1.165) is 0 Å². The van der Waals surface area contributed by atoms with Gasteiger partial charge in [0.15, 0.2) is 0 Å². The summed E-state index contributed by atoms with van der Waals surface area (Å²) in [6.07, 6.45) is 0.730. The molecule has 0 radical (unpaired) electrons. The van der Waals surface area contributed by atoms with Gasteiger partial charge in [-0.1, -0.05) is 0 Å². The van der Waals surface area contributed by atoms with E-state index in [0.29, 0.717) is 36.6 Å². The van der Waals surface area contributed by atoms with Crippen molar-refractivity contribution in [2.45, 2.75) is 25.4 Å². The molecule has 12 heteroatoms. The number of hydrogen-bond donors (Lipinski definition) is 1. The van der Waals surface area contributed by atoms with Crippen molar-refractivity contribution in [1.82, 2.24) is 5.32 Å². The van der Waals surface area contributed by atoms with Crippen molar-refractivity contribution < 1.29 is 32.5 Å². The van der Waals surface area contributed by atoms with Crippen LogP contribution in [0.25, 0.3) is 0 Å². The maximum atomic E-state index is 12.1. The van der Waals surface area contributed by atoms with Crippen LogP contribution in [0.2, 0.25) is 6.04 Å². The molecule has 1 rings (SSSR count). The SMILES string of the molecule is COc1cc(CNC(=O)CCC[Si](OC)(OC)OC)c([N+](=O)[O-])cc1O[CH2][Rf]. The summed E-state index contributed by atoms with van der Waals surface area (Å²) in [6, 6.07) is 3.36. The van der Waals surface area contributed by atoms with Crippen LogP contribution < -0.4 is 14.8 Å². The molecule has 1 amide bonds. The number of nitro benzene ring substituents is 1. The van der Waals surface area contributed by atoms with Crippen molar-refractivity contribution in [1.29, 1.82) is 0 Å². The predicted octanol–water partition coefficient (Wildman–Crippen LogP) is 1.76. The van der Waals surface area contributed by atoms with E-state index in [-0.39, 0.29) is 24.6 Å². The standard InChI is InChI=1S/C16H25N2O8Si.Rf/c1-22-14-9-12(13(18(20)21)10-15(14)23-2)11-17-16(19)7-6-8-27(24-3,25-4)26-5;/h9-10H,2,6-8,11H2,1,3-5H3,(H,17,19);. The van der Waals surface area contributed by atoms with Crippen molar-refractivity contribution in [3.8, 4) is 11.5 Å². The first-order valence-corrected chi connectivity index (χ1v) is 15.0. The van der Waals surface area contributed by atoms with Gasteiger partial charge < -0.3 is 13.3 Å². The van der Waals surface area contributed by atoms with Gasteiger partial charge in [0, 0.05) is 21.3 Å². The van der Waals surface area contributed by atoms with Crippen molar-refractivity contribution in [2.24, 2.45) is 0 Å². The van der Waals surface area contributed by atoms with Gasteiger partial charge in [-0.25, -0.2) is 0 Å². The van der Waals surface area contributed by atoms with Crippen LogP contribution in [0.15, 0.2) is 12.1 Å². The summed E-state index contributed by atoms with van der Waals surface area (Å²) in [6.45, 7) is 0.0124. The third kappa shape index (κ3) is 5.91. The van der Waals surface area contributed by atoms with Gasteiger partial charge in [-0.2, -0.15) is 0 Å². The number of carbonyl (C=O) groups is 1. The van der Waals surface area contributed by atoms with Crippen LogP contribution in [0.3, 0.4) is 0 Å². The Balaban J connectivity index is 2.75. The van der Waals surface area contributed by atoms with Crippen LogP contribution in [0.5, 0.6) is 11.5 Å². The summed E-state index contributed by atoms with van der Waals surface area (Å²) >= 11 is 0. The number of nitrogens with zero attached hydrogens (tertiary/aromatic N) is 1. The van der Waals surface area contributed by atoms with E-state index in [1.165, 1.54) is 40.6 Å². The number of nitro groups is 1. The molecule has 0 aliphatic rings. The van der Waals surface area contributed by atoms with Gasteiger partial charge in [-0.15, -0.1) is 0 Å². The summed E-state index contributed by atoms with van der Waals surface area (Å²) in [5, 5.41) is 14.1. The molecule has 1 aromatic carbocycles. The number of nitrogens with one attached hydrogen (secondary N) is 1. The molecule has 0 spiro atoms. The molecule has 0 saturated heterocycles. The number of methoxy groups -OCH3 is 1. The van der Waals surface area contributed by atoms with E-state index >= 15 is 0 Å². The molecule has 0 unspecified atom stereocenters. The first-order valence-electron chi connectivity index (χ1n) is 8.55. The molecule has 0 aromatic heterocycles. The van der Waals surface area contributed by atoms with E-state index in [9.17, 15) is 14.9 Å². The summed E-state index contributed by atoms with van der Waals surface area (Å²) in [5.41, 5.74) is 0.223. The Labute approximate surface area is 159 Å².